The number of rotatable bonds is 5. The van der Waals surface area contributed by atoms with E-state index < -0.39 is 5.56 Å². The van der Waals surface area contributed by atoms with Gasteiger partial charge in [-0.05, 0) is 38.3 Å². The molecular weight excluding hydrogens is 330 g/mol. The van der Waals surface area contributed by atoms with Gasteiger partial charge in [0.2, 0.25) is 5.88 Å². The van der Waals surface area contributed by atoms with Gasteiger partial charge in [0, 0.05) is 23.5 Å². The molecule has 0 radical (unpaired) electrons. The van der Waals surface area contributed by atoms with E-state index in [1.165, 1.54) is 25.2 Å². The molecule has 2 aromatic heterocycles. The maximum atomic E-state index is 12.3. The van der Waals surface area contributed by atoms with Crippen LogP contribution in [0.1, 0.15) is 36.4 Å². The second kappa shape index (κ2) is 7.07. The van der Waals surface area contributed by atoms with Gasteiger partial charge in [0.1, 0.15) is 5.69 Å². The highest BCUT2D eigenvalue weighted by molar-refractivity contribution is 5.86. The second-order valence-electron chi connectivity index (χ2n) is 6.57. The summed E-state index contributed by atoms with van der Waals surface area (Å²) in [7, 11) is 1.44. The minimum Gasteiger partial charge on any atom is -0.803 e. The summed E-state index contributed by atoms with van der Waals surface area (Å²) < 4.78 is 5.46. The van der Waals surface area contributed by atoms with E-state index in [0.717, 1.165) is 22.9 Å². The van der Waals surface area contributed by atoms with E-state index in [1.807, 2.05) is 18.3 Å². The van der Waals surface area contributed by atoms with Crippen LogP contribution < -0.4 is 10.3 Å². The molecule has 0 amide bonds. The van der Waals surface area contributed by atoms with Crippen molar-refractivity contribution >= 4 is 10.9 Å². The molecule has 0 saturated carbocycles. The third kappa shape index (κ3) is 3.22. The Morgan fingerprint density at radius 2 is 2.12 bits per heavy atom. The van der Waals surface area contributed by atoms with Gasteiger partial charge in [0.05, 0.1) is 12.8 Å². The number of nitrogens with one attached hydrogen (secondary N) is 1. The van der Waals surface area contributed by atoms with Crippen molar-refractivity contribution < 1.29 is 4.74 Å². The third-order valence-electron chi connectivity index (χ3n) is 4.45. The summed E-state index contributed by atoms with van der Waals surface area (Å²) in [5, 5.41) is 13.1. The van der Waals surface area contributed by atoms with Crippen molar-refractivity contribution in [2.45, 2.75) is 33.6 Å². The molecule has 0 aliphatic heterocycles. The molecular formula is C20H22N3O3-. The summed E-state index contributed by atoms with van der Waals surface area (Å²) in [6, 6.07) is 6.09. The fourth-order valence-electron chi connectivity index (χ4n) is 3.00. The number of benzene rings is 1. The number of para-hydroxylation sites is 1. The Balaban J connectivity index is 2.03. The maximum absolute atomic E-state index is 12.3. The number of aromatic nitrogens is 3. The van der Waals surface area contributed by atoms with Gasteiger partial charge in [-0.3, -0.25) is 4.79 Å². The van der Waals surface area contributed by atoms with E-state index in [2.05, 4.69) is 36.0 Å². The van der Waals surface area contributed by atoms with Crippen LogP contribution >= 0.6 is 0 Å². The van der Waals surface area contributed by atoms with Crippen molar-refractivity contribution in [3.8, 4) is 5.88 Å². The Morgan fingerprint density at radius 3 is 2.81 bits per heavy atom. The number of hydrogen-bond donors (Lipinski definition) is 1. The molecule has 1 N–H and O–H groups in total. The number of fused-ring (bicyclic) bond motifs is 1. The Morgan fingerprint density at radius 1 is 1.35 bits per heavy atom. The second-order valence-corrected chi connectivity index (χ2v) is 6.57. The Hall–Kier alpha value is -3.02. The molecule has 6 nitrogen and oxygen atoms in total. The van der Waals surface area contributed by atoms with Crippen LogP contribution in [0.5, 0.6) is 5.88 Å². The van der Waals surface area contributed by atoms with Crippen molar-refractivity contribution in [3.05, 3.63) is 74.1 Å². The fraction of sp³-hybridized carbons (Fsp3) is 0.300. The van der Waals surface area contributed by atoms with Gasteiger partial charge in [0.25, 0.3) is 5.56 Å². The highest BCUT2D eigenvalue weighted by Crippen LogP contribution is 2.24. The summed E-state index contributed by atoms with van der Waals surface area (Å²) >= 11 is 0. The zero-order valence-corrected chi connectivity index (χ0v) is 15.4. The van der Waals surface area contributed by atoms with Crippen LogP contribution in [0, 0.1) is 12.1 Å². The average Bonchev–Trinajstić information content (AvgIpc) is 3.04. The number of hydrogen-bond acceptors (Lipinski definition) is 4. The molecule has 0 aliphatic rings. The van der Waals surface area contributed by atoms with Gasteiger partial charge in [-0.1, -0.05) is 29.8 Å². The molecule has 136 valence electrons. The molecule has 0 saturated heterocycles. The van der Waals surface area contributed by atoms with Crippen LogP contribution in [0.25, 0.3) is 10.9 Å². The van der Waals surface area contributed by atoms with Crippen LogP contribution in [0.4, 0.5) is 0 Å². The smallest absolute Gasteiger partial charge is 0.268 e. The molecule has 0 unspecified atom stereocenters. The molecule has 1 aromatic carbocycles. The van der Waals surface area contributed by atoms with Crippen molar-refractivity contribution in [1.82, 2.24) is 14.7 Å². The Labute approximate surface area is 151 Å². The number of allylic oxidation sites excluding steroid dienone is 2. The molecule has 0 atom stereocenters. The zero-order chi connectivity index (χ0) is 18.8. The quantitative estimate of drug-likeness (QED) is 0.713. The number of H-pyrrole nitrogens is 1. The molecule has 0 bridgehead atoms. The lowest BCUT2D eigenvalue weighted by atomic mass is 10.0. The predicted octanol–water partition coefficient (Wildman–Crippen LogP) is 3.49. The summed E-state index contributed by atoms with van der Waals surface area (Å²) in [5.74, 6) is 0.179. The largest absolute Gasteiger partial charge is 0.803 e. The fourth-order valence-corrected chi connectivity index (χ4v) is 3.00. The first-order valence-electron chi connectivity index (χ1n) is 8.47. The van der Waals surface area contributed by atoms with Crippen LogP contribution in [-0.4, -0.2) is 21.8 Å². The monoisotopic (exact) mass is 352 g/mol. The van der Waals surface area contributed by atoms with Gasteiger partial charge in [-0.25, -0.2) is 4.98 Å². The van der Waals surface area contributed by atoms with Crippen molar-refractivity contribution in [2.75, 3.05) is 7.11 Å². The van der Waals surface area contributed by atoms with Crippen molar-refractivity contribution in [2.24, 2.45) is 0 Å². The maximum Gasteiger partial charge on any atom is 0.268 e. The van der Waals surface area contributed by atoms with Gasteiger partial charge >= 0.3 is 0 Å². The van der Waals surface area contributed by atoms with Crippen LogP contribution in [0.15, 0.2) is 40.8 Å². The molecule has 26 heavy (non-hydrogen) atoms. The lowest BCUT2D eigenvalue weighted by Crippen LogP contribution is -2.25. The highest BCUT2D eigenvalue weighted by atomic mass is 16.5. The normalized spacial score (nSPS) is 10.9. The Bertz CT molecular complexity index is 1040. The predicted molar refractivity (Wildman–Crippen MR) is 103 cm³/mol. The number of ether oxygens (including phenoxy) is 1. The van der Waals surface area contributed by atoms with E-state index in [0.29, 0.717) is 4.73 Å². The van der Waals surface area contributed by atoms with E-state index in [4.69, 9.17) is 4.74 Å². The molecule has 2 heterocycles. The third-order valence-corrected chi connectivity index (χ3v) is 4.45. The Kier molecular flexibility index (Phi) is 4.84. The zero-order valence-electron chi connectivity index (χ0n) is 15.4. The molecule has 0 aliphatic carbocycles. The van der Waals surface area contributed by atoms with E-state index >= 15 is 0 Å². The highest BCUT2D eigenvalue weighted by Gasteiger charge is 2.14. The SMILES string of the molecule is COc1nc(Cc2c[nH]c3c(CC=C(C)C)cccc23)c(=O)n([O-])c1C. The first-order valence-corrected chi connectivity index (χ1v) is 8.47. The molecule has 0 fully saturated rings. The number of nitrogens with zero attached hydrogens (tertiary/aromatic N) is 2. The van der Waals surface area contributed by atoms with Crippen molar-refractivity contribution in [3.63, 3.8) is 0 Å². The summed E-state index contributed by atoms with van der Waals surface area (Å²) in [5.41, 5.74) is 4.13. The van der Waals surface area contributed by atoms with Gasteiger partial charge in [-0.2, -0.15) is 0 Å². The summed E-state index contributed by atoms with van der Waals surface area (Å²) in [6.45, 7) is 5.67. The van der Waals surface area contributed by atoms with Crippen molar-refractivity contribution in [1.29, 1.82) is 0 Å². The van der Waals surface area contributed by atoms with Gasteiger partial charge in [0.15, 0.2) is 0 Å². The lowest BCUT2D eigenvalue weighted by Gasteiger charge is -2.17. The number of methoxy groups -OCH3 is 1. The topological polar surface area (TPSA) is 83.0 Å². The van der Waals surface area contributed by atoms with Crippen LogP contribution in [0.2, 0.25) is 0 Å². The summed E-state index contributed by atoms with van der Waals surface area (Å²) in [4.78, 5) is 19.8. The minimum atomic E-state index is -0.640. The first-order chi connectivity index (χ1) is 12.4. The van der Waals surface area contributed by atoms with E-state index in [9.17, 15) is 10.0 Å². The minimum absolute atomic E-state index is 0.171. The van der Waals surface area contributed by atoms with E-state index in [1.54, 1.807) is 0 Å². The number of aromatic amines is 1. The molecule has 6 heteroatoms. The van der Waals surface area contributed by atoms with Gasteiger partial charge < -0.3 is 19.7 Å². The summed E-state index contributed by atoms with van der Waals surface area (Å²) in [6.07, 6.45) is 5.16. The van der Waals surface area contributed by atoms with E-state index in [-0.39, 0.29) is 23.7 Å². The van der Waals surface area contributed by atoms with Gasteiger partial charge in [-0.15, -0.1) is 0 Å². The molecule has 0 spiro atoms. The standard InChI is InChI=1S/C20H22N3O3/c1-12(2)8-9-14-6-5-7-16-15(11-21-18(14)16)10-17-20(24)23(25)13(3)19(22-17)26-4/h5-8,11,21H,9-10H2,1-4H3/q-1. The first kappa shape index (κ1) is 17.8. The average molecular weight is 352 g/mol. The van der Waals surface area contributed by atoms with Crippen LogP contribution in [0.3, 0.4) is 0 Å². The van der Waals surface area contributed by atoms with Crippen LogP contribution in [-0.2, 0) is 12.8 Å². The molecule has 3 rings (SSSR count). The lowest BCUT2D eigenvalue weighted by molar-refractivity contribution is 0.387. The molecule has 3 aromatic rings.